The molecule has 8 heteroatoms. The Balaban J connectivity index is 0. The van der Waals surface area contributed by atoms with Crippen molar-refractivity contribution in [3.63, 3.8) is 0 Å². The van der Waals surface area contributed by atoms with Crippen LogP contribution in [0.5, 0.6) is 0 Å². The first-order valence-electron chi connectivity index (χ1n) is 5.26. The maximum Gasteiger partial charge on any atom is 0.328 e. The lowest BCUT2D eigenvalue weighted by molar-refractivity contribution is -0.873. The van der Waals surface area contributed by atoms with E-state index in [0.29, 0.717) is 23.2 Å². The third kappa shape index (κ3) is 21.8. The molecular weight excluding hydrogens is 258 g/mol. The van der Waals surface area contributed by atoms with Gasteiger partial charge in [-0.3, -0.25) is 0 Å². The molecule has 0 aromatic heterocycles. The number of rotatable bonds is 6. The molecule has 110 valence electrons. The Morgan fingerprint density at radius 2 is 1.47 bits per heavy atom. The number of carbonyl (C=O) groups excluding carboxylic acids is 1. The molecule has 0 aromatic rings. The second-order valence-corrected chi connectivity index (χ2v) is 4.71. The van der Waals surface area contributed by atoms with E-state index in [1.165, 1.54) is 0 Å². The van der Waals surface area contributed by atoms with Gasteiger partial charge in [-0.15, -0.1) is 0 Å². The highest BCUT2D eigenvalue weighted by Gasteiger charge is 2.14. The van der Waals surface area contributed by atoms with Crippen molar-refractivity contribution in [2.45, 2.75) is 12.5 Å². The van der Waals surface area contributed by atoms with Crippen LogP contribution >= 0.6 is 0 Å². The largest absolute Gasteiger partial charge is 0.550 e. The van der Waals surface area contributed by atoms with Crippen molar-refractivity contribution < 1.29 is 39.3 Å². The lowest BCUT2D eigenvalue weighted by Crippen LogP contribution is -2.43. The van der Waals surface area contributed by atoms with Crippen LogP contribution in [0.25, 0.3) is 0 Å². The molecule has 19 heavy (non-hydrogen) atoms. The SMILES string of the molecule is C[N+](C)(C)CC(O)CC(=O)[O-].O=C(O)C=CC(=O)O. The zero-order valence-electron chi connectivity index (χ0n) is 11.1. The van der Waals surface area contributed by atoms with Crippen LogP contribution in [0, 0.1) is 0 Å². The lowest BCUT2D eigenvalue weighted by atomic mass is 10.2. The van der Waals surface area contributed by atoms with Crippen molar-refractivity contribution in [2.75, 3.05) is 27.7 Å². The van der Waals surface area contributed by atoms with E-state index < -0.39 is 24.0 Å². The van der Waals surface area contributed by atoms with Gasteiger partial charge in [0, 0.05) is 24.5 Å². The molecule has 0 heterocycles. The summed E-state index contributed by atoms with van der Waals surface area (Å²) < 4.78 is 0.550. The molecule has 0 aliphatic rings. The highest BCUT2D eigenvalue weighted by atomic mass is 16.4. The molecule has 0 aliphatic carbocycles. The molecule has 0 saturated carbocycles. The molecule has 0 saturated heterocycles. The first-order valence-corrected chi connectivity index (χ1v) is 5.26. The van der Waals surface area contributed by atoms with Crippen LogP contribution in [0.1, 0.15) is 6.42 Å². The average Bonchev–Trinajstić information content (AvgIpc) is 2.10. The highest BCUT2D eigenvalue weighted by Crippen LogP contribution is 1.97. The summed E-state index contributed by atoms with van der Waals surface area (Å²) in [6.07, 6.45) is 0.0280. The summed E-state index contributed by atoms with van der Waals surface area (Å²) in [5, 5.41) is 34.8. The van der Waals surface area contributed by atoms with Gasteiger partial charge in [0.05, 0.1) is 21.1 Å². The molecular formula is C11H19NO7. The van der Waals surface area contributed by atoms with Crippen LogP contribution in [0.2, 0.25) is 0 Å². The van der Waals surface area contributed by atoms with Gasteiger partial charge in [-0.2, -0.15) is 0 Å². The molecule has 3 N–H and O–H groups in total. The Hall–Kier alpha value is -1.93. The monoisotopic (exact) mass is 277 g/mol. The predicted octanol–water partition coefficient (Wildman–Crippen LogP) is -2.09. The second kappa shape index (κ2) is 9.06. The number of carboxylic acids is 3. The third-order valence-corrected chi connectivity index (χ3v) is 1.53. The molecule has 0 bridgehead atoms. The summed E-state index contributed by atoms with van der Waals surface area (Å²) in [6, 6.07) is 0. The normalized spacial score (nSPS) is 12.4. The van der Waals surface area contributed by atoms with Gasteiger partial charge in [-0.25, -0.2) is 9.59 Å². The van der Waals surface area contributed by atoms with Crippen molar-refractivity contribution in [2.24, 2.45) is 0 Å². The Morgan fingerprint density at radius 1 is 1.11 bits per heavy atom. The van der Waals surface area contributed by atoms with Crippen LogP contribution in [0.15, 0.2) is 12.2 Å². The van der Waals surface area contributed by atoms with Crippen LogP contribution < -0.4 is 5.11 Å². The van der Waals surface area contributed by atoms with E-state index in [1.807, 2.05) is 21.1 Å². The minimum absolute atomic E-state index is 0.282. The number of aliphatic carboxylic acids is 3. The summed E-state index contributed by atoms with van der Waals surface area (Å²) >= 11 is 0. The Labute approximate surface area is 110 Å². The zero-order valence-corrected chi connectivity index (χ0v) is 11.1. The number of carbonyl (C=O) groups is 3. The number of quaternary nitrogens is 1. The minimum atomic E-state index is -1.26. The molecule has 0 fully saturated rings. The molecule has 0 aliphatic heterocycles. The van der Waals surface area contributed by atoms with Crippen molar-refractivity contribution in [3.8, 4) is 0 Å². The van der Waals surface area contributed by atoms with Crippen molar-refractivity contribution in [1.29, 1.82) is 0 Å². The fourth-order valence-electron chi connectivity index (χ4n) is 1.03. The summed E-state index contributed by atoms with van der Waals surface area (Å²) in [5.74, 6) is -3.72. The number of likely N-dealkylation sites (N-methyl/N-ethyl adjacent to an activating group) is 1. The van der Waals surface area contributed by atoms with Crippen molar-refractivity contribution in [3.05, 3.63) is 12.2 Å². The van der Waals surface area contributed by atoms with Crippen molar-refractivity contribution >= 4 is 17.9 Å². The molecule has 0 radical (unpaired) electrons. The molecule has 8 nitrogen and oxygen atoms in total. The summed E-state index contributed by atoms with van der Waals surface area (Å²) in [5.41, 5.74) is 0. The Bertz CT molecular complexity index is 327. The van der Waals surface area contributed by atoms with Gasteiger partial charge >= 0.3 is 11.9 Å². The van der Waals surface area contributed by atoms with Gasteiger partial charge in [-0.05, 0) is 0 Å². The number of hydrogen-bond donors (Lipinski definition) is 3. The number of aliphatic hydroxyl groups excluding tert-OH is 1. The molecule has 0 amide bonds. The second-order valence-electron chi connectivity index (χ2n) is 4.71. The molecule has 0 spiro atoms. The summed E-state index contributed by atoms with van der Waals surface area (Å²) in [6.45, 7) is 0.425. The summed E-state index contributed by atoms with van der Waals surface area (Å²) in [7, 11) is 5.66. The van der Waals surface area contributed by atoms with Gasteiger partial charge in [-0.1, -0.05) is 0 Å². The fourth-order valence-corrected chi connectivity index (χ4v) is 1.03. The first-order chi connectivity index (χ1) is 8.44. The third-order valence-electron chi connectivity index (χ3n) is 1.53. The van der Waals surface area contributed by atoms with E-state index >= 15 is 0 Å². The number of carboxylic acid groups (broad SMARTS) is 3. The van der Waals surface area contributed by atoms with Crippen LogP contribution in [0.4, 0.5) is 0 Å². The fraction of sp³-hybridized carbons (Fsp3) is 0.545. The lowest BCUT2D eigenvalue weighted by Gasteiger charge is -2.26. The van der Waals surface area contributed by atoms with Gasteiger partial charge in [0.2, 0.25) is 0 Å². The summed E-state index contributed by atoms with van der Waals surface area (Å²) in [4.78, 5) is 29.1. The Morgan fingerprint density at radius 3 is 1.68 bits per heavy atom. The number of hydrogen-bond acceptors (Lipinski definition) is 5. The zero-order chi connectivity index (χ0) is 15.6. The predicted molar refractivity (Wildman–Crippen MR) is 62.9 cm³/mol. The van der Waals surface area contributed by atoms with E-state index in [1.54, 1.807) is 0 Å². The van der Waals surface area contributed by atoms with E-state index in [0.717, 1.165) is 0 Å². The number of aliphatic hydroxyl groups is 1. The van der Waals surface area contributed by atoms with Crippen LogP contribution in [0.3, 0.4) is 0 Å². The first kappa shape index (κ1) is 19.4. The highest BCUT2D eigenvalue weighted by molar-refractivity contribution is 5.89. The van der Waals surface area contributed by atoms with Gasteiger partial charge in [0.15, 0.2) is 0 Å². The minimum Gasteiger partial charge on any atom is -0.550 e. The van der Waals surface area contributed by atoms with Gasteiger partial charge < -0.3 is 29.7 Å². The van der Waals surface area contributed by atoms with E-state index in [-0.39, 0.29) is 6.42 Å². The standard InChI is InChI=1S/C7H15NO3.C4H4O4/c1-8(2,3)5-6(9)4-7(10)11;5-3(6)1-2-4(7)8/h6,9H,4-5H2,1-3H3;1-2H,(H,5,6)(H,7,8). The van der Waals surface area contributed by atoms with Crippen LogP contribution in [-0.4, -0.2) is 71.5 Å². The Kier molecular flexibility index (Phi) is 9.26. The smallest absolute Gasteiger partial charge is 0.328 e. The molecule has 0 rings (SSSR count). The van der Waals surface area contributed by atoms with E-state index in [9.17, 15) is 19.5 Å². The van der Waals surface area contributed by atoms with E-state index in [2.05, 4.69) is 0 Å². The quantitative estimate of drug-likeness (QED) is 0.374. The topological polar surface area (TPSA) is 135 Å². The average molecular weight is 277 g/mol. The maximum absolute atomic E-state index is 10.0. The molecule has 1 atom stereocenters. The molecule has 0 aromatic carbocycles. The maximum atomic E-state index is 10.0. The van der Waals surface area contributed by atoms with Gasteiger partial charge in [0.25, 0.3) is 0 Å². The van der Waals surface area contributed by atoms with E-state index in [4.69, 9.17) is 15.3 Å². The van der Waals surface area contributed by atoms with Crippen LogP contribution in [-0.2, 0) is 14.4 Å². The van der Waals surface area contributed by atoms with Crippen molar-refractivity contribution in [1.82, 2.24) is 0 Å². The number of nitrogens with zero attached hydrogens (tertiary/aromatic N) is 1. The van der Waals surface area contributed by atoms with Gasteiger partial charge in [0.1, 0.15) is 12.6 Å². The molecule has 1 unspecified atom stereocenters.